The molecule has 0 aromatic rings. The second-order valence-corrected chi connectivity index (χ2v) is 0. The quantitative estimate of drug-likeness (QED) is 0.468. The van der Waals surface area contributed by atoms with Crippen LogP contribution in [0.2, 0.25) is 0 Å². The van der Waals surface area contributed by atoms with Crippen molar-refractivity contribution in [2.45, 2.75) is 0 Å². The van der Waals surface area contributed by atoms with E-state index in [4.69, 9.17) is 0 Å². The van der Waals surface area contributed by atoms with E-state index in [9.17, 15) is 0 Å². The van der Waals surface area contributed by atoms with Gasteiger partial charge in [0.15, 0.2) is 0 Å². The van der Waals surface area contributed by atoms with Gasteiger partial charge in [-0.05, 0) is 0 Å². The van der Waals surface area contributed by atoms with Crippen LogP contribution < -0.4 is 0 Å². The van der Waals surface area contributed by atoms with Crippen molar-refractivity contribution in [3.05, 3.63) is 0 Å². The van der Waals surface area contributed by atoms with Crippen LogP contribution in [0.5, 0.6) is 0 Å². The first kappa shape index (κ1) is 326. The first-order chi connectivity index (χ1) is 0. The van der Waals surface area contributed by atoms with Gasteiger partial charge in [0, 0.05) is 26.2 Å². The normalized spacial score (nSPS) is 0. The zero-order chi connectivity index (χ0) is 0. The third-order valence-electron chi connectivity index (χ3n) is 0. The van der Waals surface area contributed by atoms with Crippen molar-refractivity contribution >= 4 is 0 Å². The molecule has 0 fully saturated rings. The van der Waals surface area contributed by atoms with E-state index in [0.717, 1.165) is 0 Å². The molecule has 0 aromatic heterocycles. The predicted molar refractivity (Wildman–Crippen MR) is 10.0 cm³/mol. The molecule has 36 valence electrons. The zero-order valence-corrected chi connectivity index (χ0v) is 4.59. The minimum Gasteiger partial charge on any atom is -0.269 e. The Morgan fingerprint density at radius 2 is 0.400 bits per heavy atom. The van der Waals surface area contributed by atoms with Crippen molar-refractivity contribution < 1.29 is 45.0 Å². The van der Waals surface area contributed by atoms with E-state index >= 15 is 0 Å². The largest absolute Gasteiger partial charge is 0.269 e. The molecule has 0 aliphatic carbocycles. The van der Waals surface area contributed by atoms with Crippen molar-refractivity contribution in [1.82, 2.24) is 0 Å². The molecule has 5 heavy (non-hydrogen) atoms. The Balaban J connectivity index is 0. The van der Waals surface area contributed by atoms with E-state index in [1.165, 1.54) is 0 Å². The molecule has 0 amide bonds. The molecular formula is H4F4Zr. The molecule has 0 N–H and O–H groups in total. The molecule has 0 saturated carbocycles. The summed E-state index contributed by atoms with van der Waals surface area (Å²) in [6, 6.07) is 0. The van der Waals surface area contributed by atoms with Gasteiger partial charge in [0.1, 0.15) is 0 Å². The molecule has 0 atom stereocenters. The maximum Gasteiger partial charge on any atom is 0 e. The van der Waals surface area contributed by atoms with Crippen LogP contribution in [0, 0.1) is 0 Å². The van der Waals surface area contributed by atoms with Gasteiger partial charge in [0.05, 0.1) is 0 Å². The van der Waals surface area contributed by atoms with Gasteiger partial charge in [-0.3, -0.25) is 18.8 Å². The maximum absolute atomic E-state index is 0. The van der Waals surface area contributed by atoms with Crippen molar-refractivity contribution in [1.29, 1.82) is 0 Å². The minimum absolute atomic E-state index is 0. The summed E-state index contributed by atoms with van der Waals surface area (Å²) in [5, 5.41) is 0. The fourth-order valence-electron chi connectivity index (χ4n) is 0. The van der Waals surface area contributed by atoms with E-state index in [2.05, 4.69) is 0 Å². The van der Waals surface area contributed by atoms with Crippen molar-refractivity contribution in [2.75, 3.05) is 0 Å². The fraction of sp³-hybridized carbons (Fsp3) is 0. The van der Waals surface area contributed by atoms with Crippen LogP contribution in [0.1, 0.15) is 0 Å². The minimum atomic E-state index is 0. The van der Waals surface area contributed by atoms with Gasteiger partial charge >= 0.3 is 0 Å². The molecule has 0 aromatic carbocycles. The topological polar surface area (TPSA) is 0 Å². The molecule has 5 heteroatoms. The van der Waals surface area contributed by atoms with E-state index < -0.39 is 0 Å². The SMILES string of the molecule is F.F.F.F.[Zr]. The Hall–Kier alpha value is 0.603. The third-order valence-corrected chi connectivity index (χ3v) is 0. The van der Waals surface area contributed by atoms with Gasteiger partial charge in [-0.2, -0.15) is 0 Å². The van der Waals surface area contributed by atoms with Crippen LogP contribution in [-0.2, 0) is 26.2 Å². The molecule has 0 spiro atoms. The van der Waals surface area contributed by atoms with Gasteiger partial charge in [-0.25, -0.2) is 0 Å². The average molecular weight is 171 g/mol. The Morgan fingerprint density at radius 1 is 0.400 bits per heavy atom. The first-order valence-electron chi connectivity index (χ1n) is 0. The second kappa shape index (κ2) is 164. The molecule has 0 aliphatic rings. The maximum atomic E-state index is 0. The summed E-state index contributed by atoms with van der Waals surface area (Å²) >= 11 is 0. The van der Waals surface area contributed by atoms with Gasteiger partial charge in [-0.1, -0.05) is 0 Å². The van der Waals surface area contributed by atoms with E-state index in [0.29, 0.717) is 0 Å². The molecule has 0 radical (unpaired) electrons. The monoisotopic (exact) mass is 170 g/mol. The zero-order valence-electron chi connectivity index (χ0n) is 2.13. The summed E-state index contributed by atoms with van der Waals surface area (Å²) in [6.45, 7) is 0. The number of hydrogen-bond donors (Lipinski definition) is 0. The molecule has 0 nitrogen and oxygen atoms in total. The first-order valence-corrected chi connectivity index (χ1v) is 0. The molecule has 0 aliphatic heterocycles. The number of rotatable bonds is 0. The van der Waals surface area contributed by atoms with Crippen molar-refractivity contribution in [2.24, 2.45) is 0 Å². The van der Waals surface area contributed by atoms with Crippen LogP contribution in [0.25, 0.3) is 0 Å². The van der Waals surface area contributed by atoms with Gasteiger partial charge < -0.3 is 0 Å². The fourth-order valence-corrected chi connectivity index (χ4v) is 0. The summed E-state index contributed by atoms with van der Waals surface area (Å²) < 4.78 is 0. The molecular weight excluding hydrogens is 167 g/mol. The van der Waals surface area contributed by atoms with E-state index in [1.807, 2.05) is 0 Å². The second-order valence-electron chi connectivity index (χ2n) is 0. The Morgan fingerprint density at radius 3 is 0.400 bits per heavy atom. The Labute approximate surface area is 45.5 Å². The molecule has 0 saturated heterocycles. The number of halogens is 4. The summed E-state index contributed by atoms with van der Waals surface area (Å²) in [7, 11) is 0. The molecule has 0 rings (SSSR count). The van der Waals surface area contributed by atoms with Crippen LogP contribution in [0.15, 0.2) is 0 Å². The third kappa shape index (κ3) is 85.8. The van der Waals surface area contributed by atoms with Crippen LogP contribution in [-0.4, -0.2) is 0 Å². The predicted octanol–water partition coefficient (Wildman–Crippen LogP) is 0.607. The van der Waals surface area contributed by atoms with Gasteiger partial charge in [-0.15, -0.1) is 0 Å². The summed E-state index contributed by atoms with van der Waals surface area (Å²) in [6.07, 6.45) is 0. The Bertz CT molecular complexity index is 3.61. The van der Waals surface area contributed by atoms with Gasteiger partial charge in [0.2, 0.25) is 0 Å². The van der Waals surface area contributed by atoms with Crippen molar-refractivity contribution in [3.8, 4) is 0 Å². The summed E-state index contributed by atoms with van der Waals surface area (Å²) in [4.78, 5) is 0. The van der Waals surface area contributed by atoms with Crippen LogP contribution in [0.4, 0.5) is 18.8 Å². The van der Waals surface area contributed by atoms with Crippen LogP contribution >= 0.6 is 0 Å². The molecule has 0 unspecified atom stereocenters. The molecule has 0 heterocycles. The standard InChI is InChI=1S/4FH.Zr/h4*1H;. The number of hydrogen-bond acceptors (Lipinski definition) is 0. The summed E-state index contributed by atoms with van der Waals surface area (Å²) in [5.74, 6) is 0. The summed E-state index contributed by atoms with van der Waals surface area (Å²) in [5.41, 5.74) is 0. The average Bonchev–Trinajstić information content (AvgIpc) is 0. The smallest absolute Gasteiger partial charge is 0 e. The van der Waals surface area contributed by atoms with E-state index in [1.54, 1.807) is 0 Å². The molecule has 0 bridgehead atoms. The van der Waals surface area contributed by atoms with Gasteiger partial charge in [0.25, 0.3) is 0 Å². The van der Waals surface area contributed by atoms with Crippen molar-refractivity contribution in [3.63, 3.8) is 0 Å². The van der Waals surface area contributed by atoms with E-state index in [-0.39, 0.29) is 45.0 Å². The Kier molecular flexibility index (Phi) is 10700. The van der Waals surface area contributed by atoms with Crippen LogP contribution in [0.3, 0.4) is 0 Å².